The molecule has 4 heteroatoms. The first-order valence-electron chi connectivity index (χ1n) is 7.06. The number of aryl methyl sites for hydroxylation is 1. The van der Waals surface area contributed by atoms with Gasteiger partial charge >= 0.3 is 0 Å². The molecule has 1 rings (SSSR count). The number of hydrogen-bond acceptors (Lipinski definition) is 3. The van der Waals surface area contributed by atoms with Crippen molar-refractivity contribution < 1.29 is 9.90 Å². The third-order valence-corrected chi connectivity index (χ3v) is 3.22. The zero-order valence-corrected chi connectivity index (χ0v) is 13.3. The van der Waals surface area contributed by atoms with Crippen molar-refractivity contribution in [3.8, 4) is 11.8 Å². The highest BCUT2D eigenvalue weighted by Crippen LogP contribution is 2.12. The monoisotopic (exact) mass is 288 g/mol. The highest BCUT2D eigenvalue weighted by atomic mass is 16.2. The van der Waals surface area contributed by atoms with Crippen LogP contribution in [0.4, 0.5) is 0 Å². The van der Waals surface area contributed by atoms with E-state index >= 15 is 0 Å². The Morgan fingerprint density at radius 2 is 1.95 bits per heavy atom. The van der Waals surface area contributed by atoms with Crippen molar-refractivity contribution in [1.29, 1.82) is 0 Å². The minimum absolute atomic E-state index is 0.0264. The number of carbonyl (C=O) groups excluding carboxylic acids is 1. The molecule has 0 bridgehead atoms. The Morgan fingerprint density at radius 1 is 1.24 bits per heavy atom. The number of nitrogens with zero attached hydrogens (tertiary/aromatic N) is 2. The molecule has 0 aliphatic rings. The largest absolute Gasteiger partial charge is 0.384 e. The highest BCUT2D eigenvalue weighted by Gasteiger charge is 2.12. The Bertz CT molecular complexity index is 541. The first kappa shape index (κ1) is 17.2. The number of carbonyl (C=O) groups is 1. The fourth-order valence-electron chi connectivity index (χ4n) is 2.02. The van der Waals surface area contributed by atoms with E-state index in [0.717, 1.165) is 30.6 Å². The molecule has 4 nitrogen and oxygen atoms in total. The van der Waals surface area contributed by atoms with Gasteiger partial charge in [0.05, 0.1) is 0 Å². The van der Waals surface area contributed by atoms with Crippen LogP contribution in [0.25, 0.3) is 0 Å². The van der Waals surface area contributed by atoms with Crippen molar-refractivity contribution in [2.45, 2.75) is 13.3 Å². The van der Waals surface area contributed by atoms with E-state index in [2.05, 4.69) is 16.7 Å². The lowest BCUT2D eigenvalue weighted by atomic mass is 10.0. The zero-order valence-electron chi connectivity index (χ0n) is 13.3. The van der Waals surface area contributed by atoms with Crippen molar-refractivity contribution in [2.75, 3.05) is 40.8 Å². The lowest BCUT2D eigenvalue weighted by Gasteiger charge is -2.19. The van der Waals surface area contributed by atoms with Gasteiger partial charge in [-0.15, -0.1) is 0 Å². The van der Waals surface area contributed by atoms with E-state index in [1.54, 1.807) is 11.0 Å². The number of aliphatic hydroxyl groups is 1. The third-order valence-electron chi connectivity index (χ3n) is 3.22. The molecule has 1 amide bonds. The zero-order chi connectivity index (χ0) is 15.8. The number of benzene rings is 1. The molecular formula is C17H24N2O2. The maximum absolute atomic E-state index is 12.3. The van der Waals surface area contributed by atoms with Crippen LogP contribution in [0.2, 0.25) is 0 Å². The molecule has 0 aliphatic carbocycles. The Balaban J connectivity index is 2.72. The summed E-state index contributed by atoms with van der Waals surface area (Å²) in [5, 5.41) is 8.72. The van der Waals surface area contributed by atoms with Crippen molar-refractivity contribution >= 4 is 5.91 Å². The van der Waals surface area contributed by atoms with Crippen LogP contribution in [-0.4, -0.2) is 61.7 Å². The molecule has 0 saturated heterocycles. The third kappa shape index (κ3) is 5.58. The van der Waals surface area contributed by atoms with Gasteiger partial charge in [0.1, 0.15) is 6.61 Å². The molecule has 21 heavy (non-hydrogen) atoms. The van der Waals surface area contributed by atoms with Crippen LogP contribution in [0.5, 0.6) is 0 Å². The van der Waals surface area contributed by atoms with Gasteiger partial charge < -0.3 is 14.9 Å². The van der Waals surface area contributed by atoms with Gasteiger partial charge in [0.15, 0.2) is 0 Å². The molecule has 0 atom stereocenters. The van der Waals surface area contributed by atoms with Crippen LogP contribution < -0.4 is 0 Å². The van der Waals surface area contributed by atoms with Crippen LogP contribution in [0.1, 0.15) is 27.9 Å². The van der Waals surface area contributed by atoms with Crippen LogP contribution in [0.3, 0.4) is 0 Å². The molecule has 1 aromatic carbocycles. The second-order valence-corrected chi connectivity index (χ2v) is 5.37. The van der Waals surface area contributed by atoms with Crippen LogP contribution >= 0.6 is 0 Å². The van der Waals surface area contributed by atoms with Crippen LogP contribution in [-0.2, 0) is 0 Å². The molecule has 114 valence electrons. The van der Waals surface area contributed by atoms with Crippen molar-refractivity contribution in [3.63, 3.8) is 0 Å². The summed E-state index contributed by atoms with van der Waals surface area (Å²) in [6.07, 6.45) is 0.953. The predicted octanol–water partition coefficient (Wildman–Crippen LogP) is 1.36. The Labute approximate surface area is 127 Å². The van der Waals surface area contributed by atoms with Crippen molar-refractivity contribution in [2.24, 2.45) is 0 Å². The van der Waals surface area contributed by atoms with E-state index in [0.29, 0.717) is 5.56 Å². The standard InChI is InChI=1S/C17H24N2O2/c1-14-13-16(9-8-15(14)7-5-12-20)17(21)19(4)11-6-10-18(2)3/h8-9,13,20H,6,10-12H2,1-4H3. The van der Waals surface area contributed by atoms with E-state index in [-0.39, 0.29) is 12.5 Å². The second kappa shape index (κ2) is 8.46. The van der Waals surface area contributed by atoms with Crippen LogP contribution in [0.15, 0.2) is 18.2 Å². The predicted molar refractivity (Wildman–Crippen MR) is 85.3 cm³/mol. The molecule has 1 N–H and O–H groups in total. The Kier molecular flexibility index (Phi) is 6.93. The number of hydrogen-bond donors (Lipinski definition) is 1. The second-order valence-electron chi connectivity index (χ2n) is 5.37. The van der Waals surface area contributed by atoms with E-state index in [1.165, 1.54) is 0 Å². The van der Waals surface area contributed by atoms with Gasteiger partial charge in [0.25, 0.3) is 5.91 Å². The summed E-state index contributed by atoms with van der Waals surface area (Å²) in [6, 6.07) is 5.48. The molecule has 1 aromatic rings. The van der Waals surface area contributed by atoms with Crippen molar-refractivity contribution in [1.82, 2.24) is 9.80 Å². The molecule has 0 aliphatic heterocycles. The number of amides is 1. The normalized spacial score (nSPS) is 10.2. The summed E-state index contributed by atoms with van der Waals surface area (Å²) >= 11 is 0. The fourth-order valence-corrected chi connectivity index (χ4v) is 2.02. The maximum atomic E-state index is 12.3. The smallest absolute Gasteiger partial charge is 0.253 e. The molecule has 0 fully saturated rings. The van der Waals surface area contributed by atoms with E-state index < -0.39 is 0 Å². The quantitative estimate of drug-likeness (QED) is 0.832. The van der Waals surface area contributed by atoms with E-state index in [1.807, 2.05) is 40.2 Å². The first-order valence-corrected chi connectivity index (χ1v) is 7.06. The van der Waals surface area contributed by atoms with Gasteiger partial charge in [-0.25, -0.2) is 0 Å². The summed E-state index contributed by atoms with van der Waals surface area (Å²) in [4.78, 5) is 16.2. The summed E-state index contributed by atoms with van der Waals surface area (Å²) in [6.45, 7) is 3.47. The maximum Gasteiger partial charge on any atom is 0.253 e. The van der Waals surface area contributed by atoms with Crippen molar-refractivity contribution in [3.05, 3.63) is 34.9 Å². The Hall–Kier alpha value is -1.83. The molecular weight excluding hydrogens is 264 g/mol. The van der Waals surface area contributed by atoms with E-state index in [9.17, 15) is 4.79 Å². The summed E-state index contributed by atoms with van der Waals surface area (Å²) < 4.78 is 0. The average Bonchev–Trinajstić information content (AvgIpc) is 2.44. The molecule has 0 heterocycles. The molecule has 0 aromatic heterocycles. The van der Waals surface area contributed by atoms with Gasteiger partial charge in [-0.1, -0.05) is 11.8 Å². The van der Waals surface area contributed by atoms with Gasteiger partial charge in [-0.05, 0) is 57.7 Å². The Morgan fingerprint density at radius 3 is 2.52 bits per heavy atom. The highest BCUT2D eigenvalue weighted by molar-refractivity contribution is 5.94. The first-order chi connectivity index (χ1) is 9.95. The van der Waals surface area contributed by atoms with Gasteiger partial charge in [-0.2, -0.15) is 0 Å². The van der Waals surface area contributed by atoms with Crippen LogP contribution in [0, 0.1) is 18.8 Å². The lowest BCUT2D eigenvalue weighted by Crippen LogP contribution is -2.29. The summed E-state index contributed by atoms with van der Waals surface area (Å²) in [5.41, 5.74) is 2.47. The topological polar surface area (TPSA) is 43.8 Å². The van der Waals surface area contributed by atoms with Gasteiger partial charge in [0, 0.05) is 24.7 Å². The van der Waals surface area contributed by atoms with Gasteiger partial charge in [0.2, 0.25) is 0 Å². The molecule has 0 radical (unpaired) electrons. The molecule has 0 spiro atoms. The molecule has 0 unspecified atom stereocenters. The number of rotatable bonds is 5. The summed E-state index contributed by atoms with van der Waals surface area (Å²) in [7, 11) is 5.88. The van der Waals surface area contributed by atoms with E-state index in [4.69, 9.17) is 5.11 Å². The number of aliphatic hydroxyl groups excluding tert-OH is 1. The average molecular weight is 288 g/mol. The van der Waals surface area contributed by atoms with Gasteiger partial charge in [-0.3, -0.25) is 4.79 Å². The summed E-state index contributed by atoms with van der Waals surface area (Å²) in [5.74, 6) is 5.52. The fraction of sp³-hybridized carbons (Fsp3) is 0.471. The minimum Gasteiger partial charge on any atom is -0.384 e. The minimum atomic E-state index is -0.158. The molecule has 0 saturated carbocycles. The SMILES string of the molecule is Cc1cc(C(=O)N(C)CCCN(C)C)ccc1C#CCO. The lowest BCUT2D eigenvalue weighted by molar-refractivity contribution is 0.0790.